The van der Waals surface area contributed by atoms with Crippen molar-refractivity contribution in [3.05, 3.63) is 0 Å². The third-order valence-electron chi connectivity index (χ3n) is 1.86. The van der Waals surface area contributed by atoms with Gasteiger partial charge in [0.25, 0.3) is 0 Å². The molecule has 1 fully saturated rings. The minimum absolute atomic E-state index is 0.712. The van der Waals surface area contributed by atoms with Crippen molar-refractivity contribution in [1.29, 1.82) is 0 Å². The Morgan fingerprint density at radius 3 is 2.00 bits per heavy atom. The number of hydrogen-bond donors (Lipinski definition) is 2. The van der Waals surface area contributed by atoms with Crippen molar-refractivity contribution in [2.45, 2.75) is 25.1 Å². The van der Waals surface area contributed by atoms with Gasteiger partial charge < -0.3 is 15.8 Å². The van der Waals surface area contributed by atoms with E-state index < -0.39 is 12.7 Å². The third kappa shape index (κ3) is 8.28. The predicted octanol–water partition coefficient (Wildman–Crippen LogP) is 0.892. The maximum Gasteiger partial charge on any atom is 0.400 e. The van der Waals surface area contributed by atoms with Crippen molar-refractivity contribution >= 4 is 0 Å². The van der Waals surface area contributed by atoms with Gasteiger partial charge in [0.2, 0.25) is 0 Å². The third-order valence-corrected chi connectivity index (χ3v) is 1.86. The quantitative estimate of drug-likeness (QED) is 0.681. The molecule has 1 aliphatic heterocycles. The van der Waals surface area contributed by atoms with Crippen LogP contribution in [0.3, 0.4) is 0 Å². The molecule has 0 unspecified atom stereocenters. The highest BCUT2D eigenvalue weighted by Gasteiger charge is 2.23. The Morgan fingerprint density at radius 1 is 1.36 bits per heavy atom. The fourth-order valence-corrected chi connectivity index (χ4v) is 0.986. The maximum atomic E-state index is 10.7. The van der Waals surface area contributed by atoms with Crippen LogP contribution in [0, 0.1) is 0 Å². The van der Waals surface area contributed by atoms with Gasteiger partial charge in [-0.25, -0.2) is 0 Å². The number of alkyl halides is 3. The Bertz CT molecular complexity index is 135. The van der Waals surface area contributed by atoms with E-state index >= 15 is 0 Å². The van der Waals surface area contributed by atoms with Gasteiger partial charge >= 0.3 is 6.18 Å². The Balaban J connectivity index is 0.000000255. The molecule has 1 heterocycles. The minimum atomic E-state index is -4.18. The first-order valence-electron chi connectivity index (χ1n) is 4.51. The van der Waals surface area contributed by atoms with Gasteiger partial charge in [0, 0.05) is 19.3 Å². The average Bonchev–Trinajstić information content (AvgIpc) is 2.19. The van der Waals surface area contributed by atoms with E-state index in [2.05, 4.69) is 11.1 Å². The van der Waals surface area contributed by atoms with Crippen LogP contribution in [0.4, 0.5) is 13.2 Å². The van der Waals surface area contributed by atoms with Crippen LogP contribution in [-0.2, 0) is 4.74 Å². The highest BCUT2D eigenvalue weighted by atomic mass is 19.4. The molecule has 0 aliphatic carbocycles. The van der Waals surface area contributed by atoms with Crippen molar-refractivity contribution < 1.29 is 17.9 Å². The fourth-order valence-electron chi connectivity index (χ4n) is 0.986. The normalized spacial score (nSPS) is 18.6. The van der Waals surface area contributed by atoms with E-state index in [-0.39, 0.29) is 0 Å². The zero-order valence-corrected chi connectivity index (χ0v) is 8.23. The maximum absolute atomic E-state index is 10.7. The molecule has 0 atom stereocenters. The molecular formula is C8H17F3N2O. The van der Waals surface area contributed by atoms with Gasteiger partial charge in [-0.2, -0.15) is 13.2 Å². The summed E-state index contributed by atoms with van der Waals surface area (Å²) in [5.41, 5.74) is 4.18. The molecule has 3 N–H and O–H groups in total. The largest absolute Gasteiger partial charge is 0.400 e. The molecule has 86 valence electrons. The Kier molecular flexibility index (Phi) is 6.86. The van der Waals surface area contributed by atoms with E-state index in [9.17, 15) is 13.2 Å². The molecular weight excluding hydrogens is 197 g/mol. The molecule has 0 saturated carbocycles. The first kappa shape index (κ1) is 13.7. The summed E-state index contributed by atoms with van der Waals surface area (Å²) < 4.78 is 37.1. The Labute approximate surface area is 81.8 Å². The van der Waals surface area contributed by atoms with Gasteiger partial charge in [0.15, 0.2) is 0 Å². The first-order chi connectivity index (χ1) is 6.49. The molecule has 0 aromatic heterocycles. The summed E-state index contributed by atoms with van der Waals surface area (Å²) in [6.45, 7) is 0.643. The lowest BCUT2D eigenvalue weighted by Gasteiger charge is -2.20. The van der Waals surface area contributed by atoms with E-state index in [1.807, 2.05) is 7.05 Å². The zero-order chi connectivity index (χ0) is 11.0. The molecule has 6 heteroatoms. The molecule has 14 heavy (non-hydrogen) atoms. The second kappa shape index (κ2) is 7.03. The van der Waals surface area contributed by atoms with Gasteiger partial charge in [-0.1, -0.05) is 0 Å². The van der Waals surface area contributed by atoms with Gasteiger partial charge in [-0.3, -0.25) is 0 Å². The van der Waals surface area contributed by atoms with Gasteiger partial charge in [-0.15, -0.1) is 0 Å². The van der Waals surface area contributed by atoms with Gasteiger partial charge in [0.1, 0.15) is 0 Å². The molecule has 1 saturated heterocycles. The highest BCUT2D eigenvalue weighted by Crippen LogP contribution is 2.10. The SMILES string of the molecule is CNC1CCOCC1.NCC(F)(F)F. The molecule has 1 aliphatic rings. The lowest BCUT2D eigenvalue weighted by Crippen LogP contribution is -2.31. The van der Waals surface area contributed by atoms with Crippen LogP contribution >= 0.6 is 0 Å². The van der Waals surface area contributed by atoms with E-state index in [1.165, 1.54) is 12.8 Å². The summed E-state index contributed by atoms with van der Waals surface area (Å²) in [5.74, 6) is 0. The molecule has 0 spiro atoms. The first-order valence-corrected chi connectivity index (χ1v) is 4.51. The number of halogens is 3. The van der Waals surface area contributed by atoms with Gasteiger partial charge in [-0.05, 0) is 19.9 Å². The fraction of sp³-hybridized carbons (Fsp3) is 1.00. The van der Waals surface area contributed by atoms with Crippen LogP contribution in [0.1, 0.15) is 12.8 Å². The van der Waals surface area contributed by atoms with Crippen molar-refractivity contribution in [2.75, 3.05) is 26.8 Å². The minimum Gasteiger partial charge on any atom is -0.381 e. The van der Waals surface area contributed by atoms with E-state index in [0.717, 1.165) is 13.2 Å². The number of hydrogen-bond acceptors (Lipinski definition) is 3. The summed E-state index contributed by atoms with van der Waals surface area (Å²) in [6, 6.07) is 0.712. The van der Waals surface area contributed by atoms with Crippen molar-refractivity contribution in [3.63, 3.8) is 0 Å². The van der Waals surface area contributed by atoms with Crippen molar-refractivity contribution in [3.8, 4) is 0 Å². The standard InChI is InChI=1S/C6H13NO.C2H4F3N/c1-7-6-2-4-8-5-3-6;3-2(4,5)1-6/h6-7H,2-5H2,1H3;1,6H2. The van der Waals surface area contributed by atoms with Crippen LogP contribution in [0.15, 0.2) is 0 Å². The van der Waals surface area contributed by atoms with Crippen LogP contribution in [0.5, 0.6) is 0 Å². The highest BCUT2D eigenvalue weighted by molar-refractivity contribution is 4.66. The lowest BCUT2D eigenvalue weighted by atomic mass is 10.1. The molecule has 0 aromatic carbocycles. The summed E-state index contributed by atoms with van der Waals surface area (Å²) in [6.07, 6.45) is -1.83. The summed E-state index contributed by atoms with van der Waals surface area (Å²) >= 11 is 0. The lowest BCUT2D eigenvalue weighted by molar-refractivity contribution is -0.118. The van der Waals surface area contributed by atoms with Gasteiger partial charge in [0.05, 0.1) is 6.54 Å². The molecule has 1 rings (SSSR count). The molecule has 0 bridgehead atoms. The predicted molar refractivity (Wildman–Crippen MR) is 48.0 cm³/mol. The second-order valence-corrected chi connectivity index (χ2v) is 2.99. The van der Waals surface area contributed by atoms with Crippen LogP contribution in [0.2, 0.25) is 0 Å². The molecule has 0 amide bonds. The van der Waals surface area contributed by atoms with Crippen molar-refractivity contribution in [2.24, 2.45) is 5.73 Å². The van der Waals surface area contributed by atoms with E-state index in [0.29, 0.717) is 6.04 Å². The van der Waals surface area contributed by atoms with Crippen LogP contribution in [-0.4, -0.2) is 39.0 Å². The number of ether oxygens (including phenoxy) is 1. The van der Waals surface area contributed by atoms with E-state index in [4.69, 9.17) is 4.74 Å². The second-order valence-electron chi connectivity index (χ2n) is 2.99. The molecule has 0 radical (unpaired) electrons. The number of nitrogens with one attached hydrogen (secondary N) is 1. The van der Waals surface area contributed by atoms with Crippen LogP contribution < -0.4 is 11.1 Å². The Morgan fingerprint density at radius 2 is 1.79 bits per heavy atom. The summed E-state index contributed by atoms with van der Waals surface area (Å²) in [4.78, 5) is 0. The van der Waals surface area contributed by atoms with E-state index in [1.54, 1.807) is 0 Å². The topological polar surface area (TPSA) is 47.3 Å². The molecule has 0 aromatic rings. The van der Waals surface area contributed by atoms with Crippen LogP contribution in [0.25, 0.3) is 0 Å². The monoisotopic (exact) mass is 214 g/mol. The smallest absolute Gasteiger partial charge is 0.381 e. The Hall–Kier alpha value is -0.330. The zero-order valence-electron chi connectivity index (χ0n) is 8.23. The number of rotatable bonds is 1. The summed E-state index contributed by atoms with van der Waals surface area (Å²) in [7, 11) is 2.01. The summed E-state index contributed by atoms with van der Waals surface area (Å²) in [5, 5.41) is 3.22. The average molecular weight is 214 g/mol. The number of nitrogens with two attached hydrogens (primary N) is 1. The van der Waals surface area contributed by atoms with Crippen molar-refractivity contribution in [1.82, 2.24) is 5.32 Å². The molecule has 3 nitrogen and oxygen atoms in total.